The van der Waals surface area contributed by atoms with Gasteiger partial charge in [-0.25, -0.2) is 0 Å². The Morgan fingerprint density at radius 1 is 1.21 bits per heavy atom. The predicted molar refractivity (Wildman–Crippen MR) is 97.8 cm³/mol. The third kappa shape index (κ3) is 3.88. The second-order valence-corrected chi connectivity index (χ2v) is 6.93. The van der Waals surface area contributed by atoms with Crippen LogP contribution >= 0.6 is 11.5 Å². The van der Waals surface area contributed by atoms with E-state index in [-0.39, 0.29) is 18.1 Å². The highest BCUT2D eigenvalue weighted by Crippen LogP contribution is 2.41. The lowest BCUT2D eigenvalue weighted by Gasteiger charge is -2.38. The van der Waals surface area contributed by atoms with Gasteiger partial charge in [-0.05, 0) is 47.4 Å². The average Bonchev–Trinajstić information content (AvgIpc) is 3.22. The molecule has 1 aromatic carbocycles. The average molecular weight is 421 g/mol. The maximum absolute atomic E-state index is 12.8. The van der Waals surface area contributed by atoms with Gasteiger partial charge >= 0.3 is 6.36 Å². The number of benzene rings is 1. The first kappa shape index (κ1) is 19.2. The molecule has 3 heterocycles. The molecule has 0 bridgehead atoms. The van der Waals surface area contributed by atoms with Crippen molar-refractivity contribution < 1.29 is 27.4 Å². The molecule has 1 atom stereocenters. The minimum absolute atomic E-state index is 0.246. The summed E-state index contributed by atoms with van der Waals surface area (Å²) in [5, 5.41) is 4.66. The zero-order valence-corrected chi connectivity index (χ0v) is 15.6. The van der Waals surface area contributed by atoms with E-state index in [2.05, 4.69) is 19.4 Å². The number of aromatic nitrogens is 2. The van der Waals surface area contributed by atoms with Gasteiger partial charge in [-0.2, -0.15) is 4.37 Å². The van der Waals surface area contributed by atoms with Crippen molar-refractivity contribution >= 4 is 17.4 Å². The van der Waals surface area contributed by atoms with Crippen molar-refractivity contribution in [3.8, 4) is 11.5 Å². The summed E-state index contributed by atoms with van der Waals surface area (Å²) in [5.74, 6) is -0.274. The molecule has 0 radical (unpaired) electrons. The summed E-state index contributed by atoms with van der Waals surface area (Å²) in [7, 11) is 0. The van der Waals surface area contributed by atoms with E-state index in [9.17, 15) is 18.0 Å². The number of rotatable bonds is 4. The Morgan fingerprint density at radius 2 is 2.00 bits per heavy atom. The van der Waals surface area contributed by atoms with Gasteiger partial charge in [0.15, 0.2) is 0 Å². The topological polar surface area (TPSA) is 73.3 Å². The predicted octanol–water partition coefficient (Wildman–Crippen LogP) is 3.89. The van der Waals surface area contributed by atoms with Crippen molar-refractivity contribution in [1.82, 2.24) is 14.7 Å². The number of carbonyl (C=O) groups is 1. The van der Waals surface area contributed by atoms with E-state index in [0.29, 0.717) is 23.4 Å². The Balaban J connectivity index is 1.77. The van der Waals surface area contributed by atoms with Crippen LogP contribution in [0.1, 0.15) is 28.2 Å². The molecule has 1 unspecified atom stereocenters. The van der Waals surface area contributed by atoms with Gasteiger partial charge in [-0.1, -0.05) is 12.1 Å². The van der Waals surface area contributed by atoms with Crippen LogP contribution in [0, 0.1) is 0 Å². The van der Waals surface area contributed by atoms with Crippen molar-refractivity contribution in [2.75, 3.05) is 6.61 Å². The van der Waals surface area contributed by atoms with Gasteiger partial charge in [0.25, 0.3) is 5.91 Å². The lowest BCUT2D eigenvalue weighted by molar-refractivity contribution is -0.274. The SMILES string of the molecule is O=C(NC1(c2ccc(OC(F)(F)F)cc2)CCOc2cccnc21)c1ccsn1. The summed E-state index contributed by atoms with van der Waals surface area (Å²) < 4.78 is 51.1. The smallest absolute Gasteiger partial charge is 0.491 e. The Kier molecular flexibility index (Phi) is 4.87. The molecule has 0 saturated heterocycles. The van der Waals surface area contributed by atoms with Crippen molar-refractivity contribution in [3.05, 3.63) is 71.0 Å². The highest BCUT2D eigenvalue weighted by Gasteiger charge is 2.43. The molecule has 6 nitrogen and oxygen atoms in total. The lowest BCUT2D eigenvalue weighted by atomic mass is 9.81. The Morgan fingerprint density at radius 3 is 2.69 bits per heavy atom. The van der Waals surface area contributed by atoms with Gasteiger partial charge in [-0.15, -0.1) is 13.2 Å². The Labute approximate surface area is 167 Å². The van der Waals surface area contributed by atoms with E-state index in [1.54, 1.807) is 29.8 Å². The molecule has 4 rings (SSSR count). The van der Waals surface area contributed by atoms with Crippen LogP contribution in [0.2, 0.25) is 0 Å². The van der Waals surface area contributed by atoms with Crippen LogP contribution in [0.3, 0.4) is 0 Å². The summed E-state index contributed by atoms with van der Waals surface area (Å²) in [5.41, 5.74) is 0.181. The summed E-state index contributed by atoms with van der Waals surface area (Å²) in [6.45, 7) is 0.289. The molecule has 1 aliphatic rings. The number of hydrogen-bond acceptors (Lipinski definition) is 6. The highest BCUT2D eigenvalue weighted by atomic mass is 32.1. The van der Waals surface area contributed by atoms with Gasteiger partial charge < -0.3 is 14.8 Å². The summed E-state index contributed by atoms with van der Waals surface area (Å²) >= 11 is 1.14. The molecule has 150 valence electrons. The standard InChI is InChI=1S/C19H14F3N3O3S/c20-19(21,22)28-13-5-3-12(4-6-13)18(24-17(26)14-7-11-29-25-14)8-10-27-15-2-1-9-23-16(15)18/h1-7,9,11H,8,10H2,(H,24,26). The maximum atomic E-state index is 12.8. The minimum atomic E-state index is -4.79. The van der Waals surface area contributed by atoms with Crippen LogP contribution < -0.4 is 14.8 Å². The molecule has 29 heavy (non-hydrogen) atoms. The molecule has 1 aliphatic heterocycles. The fourth-order valence-electron chi connectivity index (χ4n) is 3.26. The Bertz CT molecular complexity index is 1010. The molecule has 0 spiro atoms. The number of amides is 1. The van der Waals surface area contributed by atoms with E-state index in [4.69, 9.17) is 4.74 Å². The molecular formula is C19H14F3N3O3S. The van der Waals surface area contributed by atoms with E-state index in [1.165, 1.54) is 24.3 Å². The third-order valence-electron chi connectivity index (χ3n) is 4.49. The Hall–Kier alpha value is -3.14. The molecule has 0 fully saturated rings. The first-order chi connectivity index (χ1) is 13.9. The van der Waals surface area contributed by atoms with E-state index >= 15 is 0 Å². The number of alkyl halides is 3. The number of carbonyl (C=O) groups excluding carboxylic acids is 1. The monoisotopic (exact) mass is 421 g/mol. The van der Waals surface area contributed by atoms with E-state index < -0.39 is 17.8 Å². The van der Waals surface area contributed by atoms with Crippen LogP contribution in [0.15, 0.2) is 54.0 Å². The fraction of sp³-hybridized carbons (Fsp3) is 0.211. The molecule has 3 aromatic rings. The second-order valence-electron chi connectivity index (χ2n) is 6.26. The van der Waals surface area contributed by atoms with E-state index in [0.717, 1.165) is 11.5 Å². The molecular weight excluding hydrogens is 407 g/mol. The number of halogens is 3. The molecule has 10 heteroatoms. The summed E-state index contributed by atoms with van der Waals surface area (Å²) in [4.78, 5) is 17.2. The van der Waals surface area contributed by atoms with Crippen LogP contribution in [0.5, 0.6) is 11.5 Å². The van der Waals surface area contributed by atoms with E-state index in [1.807, 2.05) is 0 Å². The van der Waals surface area contributed by atoms with Crippen LogP contribution in [-0.4, -0.2) is 28.2 Å². The molecule has 0 saturated carbocycles. The normalized spacial score (nSPS) is 18.4. The quantitative estimate of drug-likeness (QED) is 0.692. The number of fused-ring (bicyclic) bond motifs is 1. The number of ether oxygens (including phenoxy) is 2. The first-order valence-electron chi connectivity index (χ1n) is 8.55. The van der Waals surface area contributed by atoms with Crippen molar-refractivity contribution in [2.45, 2.75) is 18.3 Å². The van der Waals surface area contributed by atoms with Crippen LogP contribution in [-0.2, 0) is 5.54 Å². The lowest BCUT2D eigenvalue weighted by Crippen LogP contribution is -2.50. The fourth-order valence-corrected chi connectivity index (χ4v) is 3.77. The van der Waals surface area contributed by atoms with Crippen LogP contribution in [0.25, 0.3) is 0 Å². The van der Waals surface area contributed by atoms with Gasteiger partial charge in [0.05, 0.1) is 6.61 Å². The number of pyridine rings is 1. The van der Waals surface area contributed by atoms with Gasteiger partial charge in [-0.3, -0.25) is 9.78 Å². The number of nitrogens with one attached hydrogen (secondary N) is 1. The van der Waals surface area contributed by atoms with Gasteiger partial charge in [0.2, 0.25) is 0 Å². The zero-order chi connectivity index (χ0) is 20.5. The maximum Gasteiger partial charge on any atom is 0.573 e. The van der Waals surface area contributed by atoms with Crippen LogP contribution in [0.4, 0.5) is 13.2 Å². The third-order valence-corrected chi connectivity index (χ3v) is 5.05. The molecule has 1 amide bonds. The van der Waals surface area contributed by atoms with Gasteiger partial charge in [0, 0.05) is 18.0 Å². The van der Waals surface area contributed by atoms with Crippen molar-refractivity contribution in [1.29, 1.82) is 0 Å². The number of hydrogen-bond donors (Lipinski definition) is 1. The molecule has 1 N–H and O–H groups in total. The zero-order valence-electron chi connectivity index (χ0n) is 14.8. The summed E-state index contributed by atoms with van der Waals surface area (Å²) in [6, 6.07) is 10.4. The second kappa shape index (κ2) is 7.36. The van der Waals surface area contributed by atoms with Gasteiger partial charge in [0.1, 0.15) is 28.4 Å². The van der Waals surface area contributed by atoms with Crippen molar-refractivity contribution in [2.24, 2.45) is 0 Å². The van der Waals surface area contributed by atoms with Crippen molar-refractivity contribution in [3.63, 3.8) is 0 Å². The minimum Gasteiger partial charge on any atom is -0.491 e. The first-order valence-corrected chi connectivity index (χ1v) is 9.38. The molecule has 0 aliphatic carbocycles. The number of nitrogens with zero attached hydrogens (tertiary/aromatic N) is 2. The molecule has 2 aromatic heterocycles. The summed E-state index contributed by atoms with van der Waals surface area (Å²) in [6.07, 6.45) is -2.88. The highest BCUT2D eigenvalue weighted by molar-refractivity contribution is 7.03. The largest absolute Gasteiger partial charge is 0.573 e.